The molecule has 0 atom stereocenters. The van der Waals surface area contributed by atoms with Crippen molar-refractivity contribution in [1.82, 2.24) is 0 Å². The molecule has 12 aromatic rings. The van der Waals surface area contributed by atoms with Crippen LogP contribution < -0.4 is 4.90 Å². The normalized spacial score (nSPS) is 11.7. The molecule has 0 amide bonds. The molecule has 60 heavy (non-hydrogen) atoms. The van der Waals surface area contributed by atoms with Crippen molar-refractivity contribution in [1.29, 1.82) is 0 Å². The Hall–Kier alpha value is -7.94. The van der Waals surface area contributed by atoms with Gasteiger partial charge >= 0.3 is 0 Å². The summed E-state index contributed by atoms with van der Waals surface area (Å²) in [4.78, 5) is 2.41. The van der Waals surface area contributed by atoms with Gasteiger partial charge in [0.2, 0.25) is 0 Å². The van der Waals surface area contributed by atoms with Crippen LogP contribution in [0.5, 0.6) is 0 Å². The standard InChI is InChI=1S/C58H37NO/c1-3-13-46-40(12-1)33-36-51-47(17-9-18-50(46)51)41-31-34-45(35-32-41)59(55-20-10-22-57-58(55)52-16-6-8-21-56(52)60-57)54-19-7-5-15-49(54)42-25-23-38(24-26-42)44-30-29-43-28-27-39-11-2-4-14-48(39)53(43)37-44/h1-37H. The Morgan fingerprint density at radius 1 is 0.283 bits per heavy atom. The largest absolute Gasteiger partial charge is 0.456 e. The molecule has 0 bridgehead atoms. The van der Waals surface area contributed by atoms with E-state index in [0.29, 0.717) is 0 Å². The van der Waals surface area contributed by atoms with Gasteiger partial charge in [0.15, 0.2) is 0 Å². The van der Waals surface area contributed by atoms with E-state index in [1.807, 2.05) is 6.07 Å². The molecule has 0 aliphatic carbocycles. The number of anilines is 3. The number of benzene rings is 11. The molecule has 12 rings (SSSR count). The SMILES string of the molecule is c1ccc(N(c2ccc(-c3cccc4c3ccc3ccccc34)cc2)c2cccc3oc4ccccc4c23)c(-c2ccc(-c3ccc4ccc5ccccc5c4c3)cc2)c1. The molecule has 0 spiro atoms. The van der Waals surface area contributed by atoms with E-state index in [1.165, 1.54) is 65.3 Å². The molecule has 0 radical (unpaired) electrons. The molecule has 0 saturated heterocycles. The monoisotopic (exact) mass is 763 g/mol. The number of hydrogen-bond donors (Lipinski definition) is 0. The fourth-order valence-corrected chi connectivity index (χ4v) is 9.37. The van der Waals surface area contributed by atoms with E-state index in [4.69, 9.17) is 4.42 Å². The van der Waals surface area contributed by atoms with Crippen molar-refractivity contribution in [3.05, 3.63) is 224 Å². The molecule has 0 aliphatic rings. The maximum atomic E-state index is 6.46. The second-order valence-corrected chi connectivity index (χ2v) is 15.6. The van der Waals surface area contributed by atoms with Crippen molar-refractivity contribution in [2.75, 3.05) is 4.90 Å². The van der Waals surface area contributed by atoms with Crippen LogP contribution in [0.3, 0.4) is 0 Å². The Balaban J connectivity index is 0.995. The van der Waals surface area contributed by atoms with Gasteiger partial charge in [-0.1, -0.05) is 182 Å². The lowest BCUT2D eigenvalue weighted by Crippen LogP contribution is -2.11. The number of furan rings is 1. The van der Waals surface area contributed by atoms with Crippen LogP contribution in [0.25, 0.3) is 98.4 Å². The first-order valence-electron chi connectivity index (χ1n) is 20.6. The van der Waals surface area contributed by atoms with E-state index < -0.39 is 0 Å². The molecule has 11 aromatic carbocycles. The van der Waals surface area contributed by atoms with Crippen LogP contribution in [-0.2, 0) is 0 Å². The highest BCUT2D eigenvalue weighted by Crippen LogP contribution is 2.46. The summed E-state index contributed by atoms with van der Waals surface area (Å²) in [6.07, 6.45) is 0. The first-order chi connectivity index (χ1) is 29.7. The third-order valence-electron chi connectivity index (χ3n) is 12.3. The summed E-state index contributed by atoms with van der Waals surface area (Å²) in [6.45, 7) is 0. The molecular formula is C58H37NO. The molecule has 0 N–H and O–H groups in total. The molecule has 2 nitrogen and oxygen atoms in total. The van der Waals surface area contributed by atoms with Crippen LogP contribution in [0.4, 0.5) is 17.1 Å². The van der Waals surface area contributed by atoms with Gasteiger partial charge in [-0.2, -0.15) is 0 Å². The van der Waals surface area contributed by atoms with Gasteiger partial charge in [0.25, 0.3) is 0 Å². The van der Waals surface area contributed by atoms with E-state index in [0.717, 1.165) is 50.1 Å². The summed E-state index contributed by atoms with van der Waals surface area (Å²) in [5.74, 6) is 0. The number of hydrogen-bond acceptors (Lipinski definition) is 2. The molecule has 0 saturated carbocycles. The van der Waals surface area contributed by atoms with Crippen LogP contribution in [0, 0.1) is 0 Å². The fourth-order valence-electron chi connectivity index (χ4n) is 9.37. The molecule has 0 aliphatic heterocycles. The zero-order valence-electron chi connectivity index (χ0n) is 32.7. The third kappa shape index (κ3) is 5.57. The van der Waals surface area contributed by atoms with Gasteiger partial charge in [-0.05, 0) is 113 Å². The van der Waals surface area contributed by atoms with Crippen molar-refractivity contribution >= 4 is 82.1 Å². The molecule has 1 heterocycles. The van der Waals surface area contributed by atoms with Crippen LogP contribution in [0.1, 0.15) is 0 Å². The van der Waals surface area contributed by atoms with Crippen molar-refractivity contribution in [3.63, 3.8) is 0 Å². The maximum absolute atomic E-state index is 6.46. The highest BCUT2D eigenvalue weighted by Gasteiger charge is 2.22. The first kappa shape index (κ1) is 34.1. The number of nitrogens with zero attached hydrogens (tertiary/aromatic N) is 1. The van der Waals surface area contributed by atoms with Crippen molar-refractivity contribution in [3.8, 4) is 33.4 Å². The summed E-state index contributed by atoms with van der Waals surface area (Å²) in [5, 5.41) is 12.3. The molecule has 280 valence electrons. The van der Waals surface area contributed by atoms with E-state index in [2.05, 4.69) is 223 Å². The van der Waals surface area contributed by atoms with Gasteiger partial charge in [0, 0.05) is 16.6 Å². The Kier molecular flexibility index (Phi) is 7.89. The predicted octanol–water partition coefficient (Wildman–Crippen LogP) is 16.7. The Morgan fingerprint density at radius 3 is 1.62 bits per heavy atom. The predicted molar refractivity (Wildman–Crippen MR) is 255 cm³/mol. The fraction of sp³-hybridized carbons (Fsp3) is 0. The first-order valence-corrected chi connectivity index (χ1v) is 20.6. The number of para-hydroxylation sites is 2. The van der Waals surface area contributed by atoms with Crippen molar-refractivity contribution in [2.45, 2.75) is 0 Å². The highest BCUT2D eigenvalue weighted by molar-refractivity contribution is 6.15. The van der Waals surface area contributed by atoms with Crippen molar-refractivity contribution < 1.29 is 4.42 Å². The topological polar surface area (TPSA) is 16.4 Å². The number of rotatable bonds is 6. The maximum Gasteiger partial charge on any atom is 0.137 e. The average Bonchev–Trinajstić information content (AvgIpc) is 3.71. The Bertz CT molecular complexity index is 3600. The van der Waals surface area contributed by atoms with Gasteiger partial charge < -0.3 is 9.32 Å². The zero-order chi connectivity index (χ0) is 39.6. The van der Waals surface area contributed by atoms with E-state index in [1.54, 1.807) is 0 Å². The average molecular weight is 764 g/mol. The Morgan fingerprint density at radius 2 is 0.800 bits per heavy atom. The molecule has 0 fully saturated rings. The van der Waals surface area contributed by atoms with Gasteiger partial charge in [-0.3, -0.25) is 0 Å². The summed E-state index contributed by atoms with van der Waals surface area (Å²) in [7, 11) is 0. The summed E-state index contributed by atoms with van der Waals surface area (Å²) in [5.41, 5.74) is 12.0. The lowest BCUT2D eigenvalue weighted by atomic mass is 9.94. The third-order valence-corrected chi connectivity index (χ3v) is 12.3. The minimum atomic E-state index is 0.864. The van der Waals surface area contributed by atoms with Crippen LogP contribution in [0.2, 0.25) is 0 Å². The molecule has 1 aromatic heterocycles. The minimum absolute atomic E-state index is 0.864. The van der Waals surface area contributed by atoms with E-state index in [9.17, 15) is 0 Å². The quantitative estimate of drug-likeness (QED) is 0.157. The molecular weight excluding hydrogens is 727 g/mol. The second kappa shape index (κ2) is 13.9. The minimum Gasteiger partial charge on any atom is -0.456 e. The van der Waals surface area contributed by atoms with Crippen molar-refractivity contribution in [2.24, 2.45) is 0 Å². The van der Waals surface area contributed by atoms with Gasteiger partial charge in [0.05, 0.1) is 16.8 Å². The summed E-state index contributed by atoms with van der Waals surface area (Å²) in [6, 6.07) is 81.3. The van der Waals surface area contributed by atoms with Gasteiger partial charge in [-0.25, -0.2) is 0 Å². The van der Waals surface area contributed by atoms with Crippen LogP contribution in [-0.4, -0.2) is 0 Å². The number of fused-ring (bicyclic) bond motifs is 9. The van der Waals surface area contributed by atoms with Crippen LogP contribution >= 0.6 is 0 Å². The smallest absolute Gasteiger partial charge is 0.137 e. The molecule has 0 unspecified atom stereocenters. The lowest BCUT2D eigenvalue weighted by Gasteiger charge is -2.28. The summed E-state index contributed by atoms with van der Waals surface area (Å²) >= 11 is 0. The van der Waals surface area contributed by atoms with Gasteiger partial charge in [-0.15, -0.1) is 0 Å². The lowest BCUT2D eigenvalue weighted by molar-refractivity contribution is 0.669. The molecule has 2 heteroatoms. The van der Waals surface area contributed by atoms with Crippen LogP contribution in [0.15, 0.2) is 229 Å². The summed E-state index contributed by atoms with van der Waals surface area (Å²) < 4.78 is 6.46. The highest BCUT2D eigenvalue weighted by atomic mass is 16.3. The van der Waals surface area contributed by atoms with E-state index >= 15 is 0 Å². The zero-order valence-corrected chi connectivity index (χ0v) is 32.7. The van der Waals surface area contributed by atoms with E-state index in [-0.39, 0.29) is 0 Å². The Labute approximate surface area is 347 Å². The van der Waals surface area contributed by atoms with Gasteiger partial charge in [0.1, 0.15) is 11.2 Å². The second-order valence-electron chi connectivity index (χ2n) is 15.6.